The topological polar surface area (TPSA) is 134 Å². The van der Waals surface area contributed by atoms with Crippen molar-refractivity contribution in [2.75, 3.05) is 45.9 Å². The van der Waals surface area contributed by atoms with Crippen LogP contribution in [-0.2, 0) is 28.9 Å². The largest absolute Gasteiger partial charge is 0.506 e. The van der Waals surface area contributed by atoms with Gasteiger partial charge in [0.2, 0.25) is 5.91 Å². The summed E-state index contributed by atoms with van der Waals surface area (Å²) in [7, 11) is 0. The van der Waals surface area contributed by atoms with E-state index in [1.807, 2.05) is 29.3 Å². The number of phenols is 1. The average molecular weight is 688 g/mol. The first-order chi connectivity index (χ1) is 23.7. The number of aryl methyl sites for hydroxylation is 1. The molecule has 7 rings (SSSR count). The third-order valence-electron chi connectivity index (χ3n) is 9.95. The number of fused-ring (bicyclic) bond motifs is 2. The van der Waals surface area contributed by atoms with Crippen molar-refractivity contribution in [2.24, 2.45) is 0 Å². The molecule has 0 aliphatic carbocycles. The Kier molecular flexibility index (Phi) is 9.84. The van der Waals surface area contributed by atoms with E-state index in [4.69, 9.17) is 4.74 Å². The van der Waals surface area contributed by atoms with E-state index in [0.717, 1.165) is 53.9 Å². The molecule has 1 atom stereocenters. The fraction of sp³-hybridized carbons (Fsp3) is 0.405. The van der Waals surface area contributed by atoms with Crippen molar-refractivity contribution < 1.29 is 24.1 Å². The zero-order valence-corrected chi connectivity index (χ0v) is 28.2. The second kappa shape index (κ2) is 14.4. The number of nitrogens with one attached hydrogen (secondary N) is 3. The number of thiazole rings is 1. The summed E-state index contributed by atoms with van der Waals surface area (Å²) in [5, 5.41) is 25.2. The fourth-order valence-electron chi connectivity index (χ4n) is 7.31. The maximum absolute atomic E-state index is 14.7. The highest BCUT2D eigenvalue weighted by atomic mass is 32.1. The number of likely N-dealkylation sites (tertiary alicyclic amines) is 1. The molecule has 1 spiro atoms. The number of piperidine rings is 1. The van der Waals surface area contributed by atoms with E-state index in [0.29, 0.717) is 67.8 Å². The molecule has 49 heavy (non-hydrogen) atoms. The normalized spacial score (nSPS) is 17.3. The van der Waals surface area contributed by atoms with Gasteiger partial charge in [-0.2, -0.15) is 0 Å². The van der Waals surface area contributed by atoms with Crippen LogP contribution in [0.15, 0.2) is 65.6 Å². The van der Waals surface area contributed by atoms with Crippen molar-refractivity contribution in [3.05, 3.63) is 98.5 Å². The number of aliphatic hydroxyl groups excluding tert-OH is 1. The standard InChI is InChI=1S/C37H42FN5O5S/c38-27-18-24(9-12-39-21-32(45)29-6-7-31(44)34-35(29)49-36(47)41-34)17-25(19-27)22-42-13-10-37(11-14-42)23-43(15-16-48-37)33(46)8-5-26-20-40-30-4-2-1-3-28(26)30/h1-4,6-7,17-20,32,39-40,44-45H,5,8-16,21-23H2,(H,41,47)/t32-/m0/s1. The number of nitrogens with zero attached hydrogens (tertiary/aromatic N) is 2. The van der Waals surface area contributed by atoms with Crippen molar-refractivity contribution >= 4 is 38.4 Å². The molecule has 2 aromatic heterocycles. The van der Waals surface area contributed by atoms with Crippen LogP contribution in [0.5, 0.6) is 5.75 Å². The molecule has 2 aliphatic heterocycles. The lowest BCUT2D eigenvalue weighted by Crippen LogP contribution is -2.57. The average Bonchev–Trinajstić information content (AvgIpc) is 3.70. The lowest BCUT2D eigenvalue weighted by Gasteiger charge is -2.47. The number of aromatic nitrogens is 2. The zero-order chi connectivity index (χ0) is 34.0. The van der Waals surface area contributed by atoms with Crippen LogP contribution in [0.3, 0.4) is 0 Å². The Morgan fingerprint density at radius 2 is 1.90 bits per heavy atom. The van der Waals surface area contributed by atoms with E-state index in [9.17, 15) is 24.2 Å². The lowest BCUT2D eigenvalue weighted by atomic mass is 9.89. The van der Waals surface area contributed by atoms with Gasteiger partial charge in [0.05, 0.1) is 23.0 Å². The molecular formula is C37H42FN5O5S. The minimum Gasteiger partial charge on any atom is -0.506 e. The molecule has 258 valence electrons. The predicted octanol–water partition coefficient (Wildman–Crippen LogP) is 4.61. The molecule has 2 aliphatic rings. The summed E-state index contributed by atoms with van der Waals surface area (Å²) in [6, 6.07) is 16.4. The molecule has 0 bridgehead atoms. The number of carbonyl (C=O) groups is 1. The Morgan fingerprint density at radius 3 is 2.76 bits per heavy atom. The van der Waals surface area contributed by atoms with Gasteiger partial charge in [-0.25, -0.2) is 4.39 Å². The number of rotatable bonds is 11. The van der Waals surface area contributed by atoms with Crippen molar-refractivity contribution in [3.8, 4) is 5.75 Å². The van der Waals surface area contributed by atoms with E-state index in [2.05, 4.69) is 32.3 Å². The number of amides is 1. The molecule has 2 fully saturated rings. The third kappa shape index (κ3) is 7.58. The van der Waals surface area contributed by atoms with Crippen LogP contribution in [0.25, 0.3) is 21.1 Å². The van der Waals surface area contributed by atoms with Crippen LogP contribution in [0, 0.1) is 5.82 Å². The number of morpholine rings is 1. The number of phenolic OH excluding ortho intramolecular Hbond substituents is 1. The molecule has 5 aromatic rings. The number of aromatic amines is 2. The van der Waals surface area contributed by atoms with Gasteiger partial charge in [0, 0.05) is 68.4 Å². The zero-order valence-electron chi connectivity index (χ0n) is 27.3. The van der Waals surface area contributed by atoms with Crippen molar-refractivity contribution in [3.63, 3.8) is 0 Å². The minimum absolute atomic E-state index is 0.0300. The van der Waals surface area contributed by atoms with Crippen molar-refractivity contribution in [2.45, 2.75) is 50.4 Å². The quantitative estimate of drug-likeness (QED) is 0.128. The number of benzene rings is 3. The number of H-pyrrole nitrogens is 2. The molecule has 5 N–H and O–H groups in total. The SMILES string of the molecule is O=C(CCc1c[nH]c2ccccc12)N1CCOC2(CCN(Cc3cc(F)cc(CCNC[C@H](O)c4ccc(O)c5[nH]c(=O)sc45)c3)CC2)C1. The highest BCUT2D eigenvalue weighted by Gasteiger charge is 2.40. The van der Waals surface area contributed by atoms with Gasteiger partial charge in [0.1, 0.15) is 17.1 Å². The maximum Gasteiger partial charge on any atom is 0.305 e. The lowest BCUT2D eigenvalue weighted by molar-refractivity contribution is -0.159. The Balaban J connectivity index is 0.876. The fourth-order valence-corrected chi connectivity index (χ4v) is 8.23. The number of halogens is 1. The van der Waals surface area contributed by atoms with Crippen LogP contribution in [0.4, 0.5) is 4.39 Å². The van der Waals surface area contributed by atoms with Gasteiger partial charge in [-0.05, 0) is 73.2 Å². The predicted molar refractivity (Wildman–Crippen MR) is 188 cm³/mol. The van der Waals surface area contributed by atoms with Crippen LogP contribution in [0.1, 0.15) is 47.6 Å². The van der Waals surface area contributed by atoms with E-state index in [-0.39, 0.29) is 34.5 Å². The van der Waals surface area contributed by atoms with Gasteiger partial charge in [0.25, 0.3) is 0 Å². The highest BCUT2D eigenvalue weighted by Crippen LogP contribution is 2.33. The van der Waals surface area contributed by atoms with Crippen molar-refractivity contribution in [1.82, 2.24) is 25.1 Å². The monoisotopic (exact) mass is 687 g/mol. The van der Waals surface area contributed by atoms with Crippen LogP contribution >= 0.6 is 11.3 Å². The third-order valence-corrected chi connectivity index (χ3v) is 10.9. The molecular weight excluding hydrogens is 646 g/mol. The summed E-state index contributed by atoms with van der Waals surface area (Å²) < 4.78 is 21.5. The number of aliphatic hydroxyl groups is 1. The van der Waals surface area contributed by atoms with Crippen LogP contribution in [-0.4, -0.2) is 87.4 Å². The Morgan fingerprint density at radius 1 is 1.08 bits per heavy atom. The number of hydrogen-bond donors (Lipinski definition) is 5. The Labute approximate surface area is 287 Å². The summed E-state index contributed by atoms with van der Waals surface area (Å²) in [5.74, 6) is -0.131. The number of aromatic hydroxyl groups is 1. The second-order valence-corrected chi connectivity index (χ2v) is 14.3. The molecule has 0 unspecified atom stereocenters. The first kappa shape index (κ1) is 33.4. The van der Waals surface area contributed by atoms with E-state index >= 15 is 0 Å². The van der Waals surface area contributed by atoms with E-state index < -0.39 is 6.10 Å². The molecule has 0 radical (unpaired) electrons. The number of hydrogen-bond acceptors (Lipinski definition) is 8. The van der Waals surface area contributed by atoms with Crippen LogP contribution in [0.2, 0.25) is 0 Å². The summed E-state index contributed by atoms with van der Waals surface area (Å²) in [4.78, 5) is 35.0. The van der Waals surface area contributed by atoms with Crippen molar-refractivity contribution in [1.29, 1.82) is 0 Å². The van der Waals surface area contributed by atoms with Gasteiger partial charge < -0.3 is 35.1 Å². The molecule has 0 saturated carbocycles. The smallest absolute Gasteiger partial charge is 0.305 e. The van der Waals surface area contributed by atoms with E-state index in [1.165, 1.54) is 17.0 Å². The summed E-state index contributed by atoms with van der Waals surface area (Å²) >= 11 is 0.955. The number of para-hydroxylation sites is 1. The Hall–Kier alpha value is -4.07. The van der Waals surface area contributed by atoms with Crippen LogP contribution < -0.4 is 10.2 Å². The molecule has 1 amide bonds. The summed E-state index contributed by atoms with van der Waals surface area (Å²) in [5.41, 5.74) is 4.62. The summed E-state index contributed by atoms with van der Waals surface area (Å²) in [6.45, 7) is 4.81. The first-order valence-electron chi connectivity index (χ1n) is 17.0. The van der Waals surface area contributed by atoms with Gasteiger partial charge in [-0.3, -0.25) is 14.5 Å². The molecule has 2 saturated heterocycles. The summed E-state index contributed by atoms with van der Waals surface area (Å²) in [6.07, 6.45) is 4.54. The highest BCUT2D eigenvalue weighted by molar-refractivity contribution is 7.16. The molecule has 12 heteroatoms. The minimum atomic E-state index is -0.872. The maximum atomic E-state index is 14.7. The second-order valence-electron chi connectivity index (χ2n) is 13.3. The first-order valence-corrected chi connectivity index (χ1v) is 17.8. The van der Waals surface area contributed by atoms with E-state index in [1.54, 1.807) is 18.2 Å². The Bertz CT molecular complexity index is 2000. The molecule has 3 aromatic carbocycles. The number of carbonyl (C=O) groups excluding carboxylic acids is 1. The molecule has 10 nitrogen and oxygen atoms in total. The molecule has 4 heterocycles. The van der Waals surface area contributed by atoms with Gasteiger partial charge >= 0.3 is 4.87 Å². The van der Waals surface area contributed by atoms with Gasteiger partial charge in [0.15, 0.2) is 0 Å². The number of ether oxygens (including phenoxy) is 1. The van der Waals surface area contributed by atoms with Gasteiger partial charge in [-0.15, -0.1) is 0 Å². The van der Waals surface area contributed by atoms with Gasteiger partial charge in [-0.1, -0.05) is 41.7 Å².